The molecule has 1 aromatic rings. The lowest BCUT2D eigenvalue weighted by atomic mass is 10.1. The van der Waals surface area contributed by atoms with Crippen LogP contribution in [0.1, 0.15) is 18.1 Å². The molecule has 2 nitrogen and oxygen atoms in total. The predicted octanol–water partition coefficient (Wildman–Crippen LogP) is 2.21. The van der Waals surface area contributed by atoms with Gasteiger partial charge in [-0.05, 0) is 44.0 Å². The fraction of sp³-hybridized carbons (Fsp3) is 0.400. The lowest BCUT2D eigenvalue weighted by molar-refractivity contribution is 0.202. The average Bonchev–Trinajstić information content (AvgIpc) is 2.07. The van der Waals surface area contributed by atoms with Gasteiger partial charge in [0.15, 0.2) is 0 Å². The summed E-state index contributed by atoms with van der Waals surface area (Å²) in [4.78, 5) is 5.24. The van der Waals surface area contributed by atoms with Crippen LogP contribution in [0.25, 0.3) is 0 Å². The first kappa shape index (κ1) is 9.07. The zero-order valence-electron chi connectivity index (χ0n) is 7.85. The molecule has 0 spiro atoms. The van der Waals surface area contributed by atoms with Gasteiger partial charge >= 0.3 is 0 Å². The predicted molar refractivity (Wildman–Crippen MR) is 50.2 cm³/mol. The number of benzene rings is 1. The first-order valence-corrected chi connectivity index (χ1v) is 4.21. The zero-order chi connectivity index (χ0) is 8.97. The van der Waals surface area contributed by atoms with Crippen LogP contribution in [-0.4, -0.2) is 6.54 Å². The second-order valence-corrected chi connectivity index (χ2v) is 2.85. The maximum atomic E-state index is 5.24. The third-order valence-electron chi connectivity index (χ3n) is 1.81. The summed E-state index contributed by atoms with van der Waals surface area (Å²) in [6.45, 7) is 6.98. The molecule has 0 atom stereocenters. The molecule has 0 aliphatic rings. The molecule has 1 N–H and O–H groups in total. The Morgan fingerprint density at radius 3 is 2.58 bits per heavy atom. The van der Waals surface area contributed by atoms with Crippen LogP contribution < -0.4 is 10.3 Å². The highest BCUT2D eigenvalue weighted by molar-refractivity contribution is 5.33. The number of hydroxylamine groups is 1. The van der Waals surface area contributed by atoms with E-state index in [4.69, 9.17) is 4.84 Å². The van der Waals surface area contributed by atoms with Crippen LogP contribution in [0.15, 0.2) is 18.2 Å². The van der Waals surface area contributed by atoms with Crippen LogP contribution in [0.4, 0.5) is 0 Å². The Labute approximate surface area is 73.5 Å². The van der Waals surface area contributed by atoms with Crippen molar-refractivity contribution in [2.45, 2.75) is 20.8 Å². The van der Waals surface area contributed by atoms with E-state index in [0.29, 0.717) is 0 Å². The smallest absolute Gasteiger partial charge is 0.147 e. The summed E-state index contributed by atoms with van der Waals surface area (Å²) in [6.07, 6.45) is 0. The Morgan fingerprint density at radius 2 is 2.00 bits per heavy atom. The number of nitrogens with one attached hydrogen (secondary N) is 1. The summed E-state index contributed by atoms with van der Waals surface area (Å²) in [6, 6.07) is 6.05. The van der Waals surface area contributed by atoms with Crippen molar-refractivity contribution in [2.75, 3.05) is 6.54 Å². The van der Waals surface area contributed by atoms with E-state index in [0.717, 1.165) is 12.3 Å². The second-order valence-electron chi connectivity index (χ2n) is 2.85. The van der Waals surface area contributed by atoms with E-state index >= 15 is 0 Å². The lowest BCUT2D eigenvalue weighted by Gasteiger charge is -2.06. The van der Waals surface area contributed by atoms with Gasteiger partial charge in [-0.2, -0.15) is 5.48 Å². The Hall–Kier alpha value is -1.02. The van der Waals surface area contributed by atoms with E-state index in [1.165, 1.54) is 11.1 Å². The van der Waals surface area contributed by atoms with Gasteiger partial charge in [0, 0.05) is 6.54 Å². The molecule has 0 aliphatic carbocycles. The third kappa shape index (κ3) is 2.24. The highest BCUT2D eigenvalue weighted by atomic mass is 16.6. The first-order valence-electron chi connectivity index (χ1n) is 4.21. The monoisotopic (exact) mass is 165 g/mol. The third-order valence-corrected chi connectivity index (χ3v) is 1.81. The molecule has 0 saturated carbocycles. The quantitative estimate of drug-likeness (QED) is 0.693. The van der Waals surface area contributed by atoms with Crippen molar-refractivity contribution in [2.24, 2.45) is 0 Å². The molecule has 1 rings (SSSR count). The molecule has 0 unspecified atom stereocenters. The van der Waals surface area contributed by atoms with E-state index in [1.54, 1.807) is 0 Å². The molecule has 2 heteroatoms. The standard InChI is InChI=1S/C10H15NO/c1-4-11-12-10-6-5-8(2)9(3)7-10/h5-7,11H,4H2,1-3H3. The van der Waals surface area contributed by atoms with Crippen molar-refractivity contribution in [3.63, 3.8) is 0 Å². The van der Waals surface area contributed by atoms with Gasteiger partial charge < -0.3 is 4.84 Å². The molecule has 0 fully saturated rings. The topological polar surface area (TPSA) is 21.3 Å². The van der Waals surface area contributed by atoms with E-state index in [2.05, 4.69) is 25.4 Å². The summed E-state index contributed by atoms with van der Waals surface area (Å²) >= 11 is 0. The van der Waals surface area contributed by atoms with Crippen LogP contribution in [-0.2, 0) is 0 Å². The normalized spacial score (nSPS) is 9.92. The van der Waals surface area contributed by atoms with Crippen molar-refractivity contribution in [3.8, 4) is 5.75 Å². The minimum Gasteiger partial charge on any atom is -0.409 e. The molecule has 12 heavy (non-hydrogen) atoms. The van der Waals surface area contributed by atoms with Gasteiger partial charge in [0.2, 0.25) is 0 Å². The molecule has 0 saturated heterocycles. The number of aryl methyl sites for hydroxylation is 2. The van der Waals surface area contributed by atoms with E-state index in [1.807, 2.05) is 19.1 Å². The molecule has 0 amide bonds. The minimum atomic E-state index is 0.812. The molecule has 0 radical (unpaired) electrons. The van der Waals surface area contributed by atoms with Gasteiger partial charge in [0.1, 0.15) is 5.75 Å². The van der Waals surface area contributed by atoms with Crippen molar-refractivity contribution in [1.82, 2.24) is 5.48 Å². The van der Waals surface area contributed by atoms with Crippen LogP contribution >= 0.6 is 0 Å². The Kier molecular flexibility index (Phi) is 3.11. The summed E-state index contributed by atoms with van der Waals surface area (Å²) in [5.41, 5.74) is 5.36. The zero-order valence-corrected chi connectivity index (χ0v) is 7.85. The summed E-state index contributed by atoms with van der Waals surface area (Å²) in [5.74, 6) is 0.875. The fourth-order valence-corrected chi connectivity index (χ4v) is 0.933. The van der Waals surface area contributed by atoms with Crippen molar-refractivity contribution < 1.29 is 4.84 Å². The average molecular weight is 165 g/mol. The van der Waals surface area contributed by atoms with Gasteiger partial charge in [-0.1, -0.05) is 6.07 Å². The summed E-state index contributed by atoms with van der Waals surface area (Å²) < 4.78 is 0. The van der Waals surface area contributed by atoms with Crippen molar-refractivity contribution >= 4 is 0 Å². The van der Waals surface area contributed by atoms with Gasteiger partial charge in [0.05, 0.1) is 0 Å². The molecule has 0 bridgehead atoms. The van der Waals surface area contributed by atoms with Crippen molar-refractivity contribution in [1.29, 1.82) is 0 Å². The second kappa shape index (κ2) is 4.12. The Morgan fingerprint density at radius 1 is 1.25 bits per heavy atom. The SMILES string of the molecule is CCNOc1ccc(C)c(C)c1. The lowest BCUT2D eigenvalue weighted by Crippen LogP contribution is -2.17. The number of hydrogen-bond donors (Lipinski definition) is 1. The fourth-order valence-electron chi connectivity index (χ4n) is 0.933. The minimum absolute atomic E-state index is 0.812. The first-order chi connectivity index (χ1) is 5.74. The van der Waals surface area contributed by atoms with Crippen LogP contribution in [0.3, 0.4) is 0 Å². The molecule has 0 aliphatic heterocycles. The molecular formula is C10H15NO. The Balaban J connectivity index is 2.69. The number of hydrogen-bond acceptors (Lipinski definition) is 2. The van der Waals surface area contributed by atoms with E-state index in [9.17, 15) is 0 Å². The van der Waals surface area contributed by atoms with Crippen LogP contribution in [0, 0.1) is 13.8 Å². The van der Waals surface area contributed by atoms with Gasteiger partial charge in [-0.15, -0.1) is 0 Å². The van der Waals surface area contributed by atoms with Crippen molar-refractivity contribution in [3.05, 3.63) is 29.3 Å². The molecular weight excluding hydrogens is 150 g/mol. The van der Waals surface area contributed by atoms with Gasteiger partial charge in [0.25, 0.3) is 0 Å². The highest BCUT2D eigenvalue weighted by Crippen LogP contribution is 2.15. The van der Waals surface area contributed by atoms with E-state index in [-0.39, 0.29) is 0 Å². The maximum Gasteiger partial charge on any atom is 0.147 e. The van der Waals surface area contributed by atoms with Crippen LogP contribution in [0.5, 0.6) is 5.75 Å². The molecule has 0 heterocycles. The maximum absolute atomic E-state index is 5.24. The molecule has 66 valence electrons. The van der Waals surface area contributed by atoms with Crippen LogP contribution in [0.2, 0.25) is 0 Å². The summed E-state index contributed by atoms with van der Waals surface area (Å²) in [5, 5.41) is 0. The Bertz CT molecular complexity index is 258. The molecule has 0 aromatic heterocycles. The van der Waals surface area contributed by atoms with E-state index < -0.39 is 0 Å². The summed E-state index contributed by atoms with van der Waals surface area (Å²) in [7, 11) is 0. The van der Waals surface area contributed by atoms with Gasteiger partial charge in [-0.25, -0.2) is 0 Å². The largest absolute Gasteiger partial charge is 0.409 e. The van der Waals surface area contributed by atoms with Gasteiger partial charge in [-0.3, -0.25) is 0 Å². The molecule has 1 aromatic carbocycles. The number of rotatable bonds is 3. The highest BCUT2D eigenvalue weighted by Gasteiger charge is 1.95.